The molecule has 0 fully saturated rings. The summed E-state index contributed by atoms with van der Waals surface area (Å²) in [5.74, 6) is -0.459. The van der Waals surface area contributed by atoms with Crippen molar-refractivity contribution in [3.8, 4) is 11.4 Å². The summed E-state index contributed by atoms with van der Waals surface area (Å²) in [5.41, 5.74) is 1.25. The van der Waals surface area contributed by atoms with Crippen LogP contribution in [0.5, 0.6) is 0 Å². The number of rotatable bonds is 7. The number of carbonyl (C=O) groups is 2. The number of furan rings is 2. The summed E-state index contributed by atoms with van der Waals surface area (Å²) in [6.07, 6.45) is 2.91. The molecule has 0 aliphatic carbocycles. The molecule has 33 heavy (non-hydrogen) atoms. The van der Waals surface area contributed by atoms with Gasteiger partial charge in [0.05, 0.1) is 6.26 Å². The molecule has 0 atom stereocenters. The first-order chi connectivity index (χ1) is 16.2. The molecule has 0 aliphatic heterocycles. The average Bonchev–Trinajstić information content (AvgIpc) is 3.61. The first-order valence-electron chi connectivity index (χ1n) is 9.97. The minimum Gasteiger partial charge on any atom is -0.465 e. The Labute approximate surface area is 186 Å². The van der Waals surface area contributed by atoms with E-state index in [1.54, 1.807) is 24.3 Å². The van der Waals surface area contributed by atoms with Gasteiger partial charge in [-0.25, -0.2) is 4.79 Å². The van der Waals surface area contributed by atoms with Crippen LogP contribution in [0.3, 0.4) is 0 Å². The second kappa shape index (κ2) is 8.75. The van der Waals surface area contributed by atoms with Crippen molar-refractivity contribution < 1.29 is 23.2 Å². The van der Waals surface area contributed by atoms with Gasteiger partial charge in [-0.3, -0.25) is 4.79 Å². The van der Waals surface area contributed by atoms with Gasteiger partial charge >= 0.3 is 5.97 Å². The number of nitrogens with zero attached hydrogens (tertiary/aromatic N) is 4. The minimum absolute atomic E-state index is 0.0220. The van der Waals surface area contributed by atoms with E-state index in [0.717, 1.165) is 5.39 Å². The first-order valence-corrected chi connectivity index (χ1v) is 9.97. The van der Waals surface area contributed by atoms with E-state index in [1.165, 1.54) is 17.0 Å². The topological polar surface area (TPSA) is 113 Å². The molecular weight excluding hydrogens is 424 g/mol. The van der Waals surface area contributed by atoms with Crippen molar-refractivity contribution in [2.45, 2.75) is 0 Å². The Morgan fingerprint density at radius 2 is 1.82 bits per heavy atom. The molecule has 0 saturated heterocycles. The van der Waals surface area contributed by atoms with Gasteiger partial charge in [0.1, 0.15) is 11.3 Å². The van der Waals surface area contributed by atoms with Crippen LogP contribution in [-0.2, 0) is 9.53 Å². The number of ether oxygens (including phenoxy) is 1. The number of esters is 1. The number of aromatic nitrogens is 4. The molecule has 0 unspecified atom stereocenters. The minimum atomic E-state index is -0.805. The Bertz CT molecular complexity index is 1420. The summed E-state index contributed by atoms with van der Waals surface area (Å²) in [6, 6.07) is 21.3. The molecule has 0 amide bonds. The van der Waals surface area contributed by atoms with Crippen LogP contribution < -0.4 is 0 Å². The molecule has 0 radical (unpaired) electrons. The number of fused-ring (bicyclic) bond motifs is 1. The fourth-order valence-electron chi connectivity index (χ4n) is 3.23. The van der Waals surface area contributed by atoms with Crippen LogP contribution in [0.4, 0.5) is 0 Å². The average molecular weight is 440 g/mol. The third kappa shape index (κ3) is 4.19. The van der Waals surface area contributed by atoms with Crippen LogP contribution in [0.1, 0.15) is 16.3 Å². The van der Waals surface area contributed by atoms with Gasteiger partial charge in [-0.15, -0.1) is 5.10 Å². The number of hydrogen-bond donors (Lipinski definition) is 0. The molecule has 0 saturated carbocycles. The zero-order valence-corrected chi connectivity index (χ0v) is 17.1. The maximum atomic E-state index is 13.0. The predicted octanol–water partition coefficient (Wildman–Crippen LogP) is 4.10. The van der Waals surface area contributed by atoms with Crippen molar-refractivity contribution in [2.75, 3.05) is 6.61 Å². The molecule has 5 aromatic rings. The second-order valence-corrected chi connectivity index (χ2v) is 6.97. The van der Waals surface area contributed by atoms with Gasteiger partial charge in [0, 0.05) is 17.0 Å². The molecule has 0 bridgehead atoms. The van der Waals surface area contributed by atoms with Crippen molar-refractivity contribution >= 4 is 34.5 Å². The van der Waals surface area contributed by atoms with Gasteiger partial charge in [-0.1, -0.05) is 48.5 Å². The highest BCUT2D eigenvalue weighted by Crippen LogP contribution is 2.22. The standard InChI is InChI=1S/C24H16N4O5/c29-20(22-13-17-9-4-5-11-21(17)33-22)15-32-24(30)19(14-18-10-6-12-31-18)28-23(25-26-27-28)16-7-2-1-3-8-16/h1-14H,15H2. The first kappa shape index (κ1) is 20.1. The summed E-state index contributed by atoms with van der Waals surface area (Å²) in [5, 5.41) is 12.5. The summed E-state index contributed by atoms with van der Waals surface area (Å²) in [6.45, 7) is -0.517. The highest BCUT2D eigenvalue weighted by atomic mass is 16.5. The lowest BCUT2D eigenvalue weighted by Crippen LogP contribution is -2.18. The van der Waals surface area contributed by atoms with Crippen LogP contribution >= 0.6 is 0 Å². The van der Waals surface area contributed by atoms with E-state index >= 15 is 0 Å². The Hall–Kier alpha value is -4.79. The van der Waals surface area contributed by atoms with Gasteiger partial charge < -0.3 is 13.6 Å². The Morgan fingerprint density at radius 1 is 1.00 bits per heavy atom. The van der Waals surface area contributed by atoms with Gasteiger partial charge in [0.15, 0.2) is 23.9 Å². The molecule has 0 N–H and O–H groups in total. The van der Waals surface area contributed by atoms with Gasteiger partial charge in [-0.2, -0.15) is 4.68 Å². The highest BCUT2D eigenvalue weighted by Gasteiger charge is 2.23. The number of carbonyl (C=O) groups excluding carboxylic acids is 2. The predicted molar refractivity (Wildman–Crippen MR) is 118 cm³/mol. The molecule has 0 aliphatic rings. The molecule has 3 aromatic heterocycles. The summed E-state index contributed by atoms with van der Waals surface area (Å²) < 4.78 is 17.4. The van der Waals surface area contributed by atoms with E-state index < -0.39 is 18.4 Å². The van der Waals surface area contributed by atoms with Crippen molar-refractivity contribution in [2.24, 2.45) is 0 Å². The maximum Gasteiger partial charge on any atom is 0.357 e. The smallest absolute Gasteiger partial charge is 0.357 e. The van der Waals surface area contributed by atoms with E-state index in [1.807, 2.05) is 48.5 Å². The van der Waals surface area contributed by atoms with E-state index in [9.17, 15) is 9.59 Å². The number of ketones is 1. The Balaban J connectivity index is 1.41. The number of para-hydroxylation sites is 1. The number of tetrazole rings is 1. The van der Waals surface area contributed by atoms with E-state index in [2.05, 4.69) is 15.5 Å². The van der Waals surface area contributed by atoms with Crippen molar-refractivity contribution in [3.63, 3.8) is 0 Å². The van der Waals surface area contributed by atoms with Crippen LogP contribution in [0.15, 0.2) is 87.9 Å². The van der Waals surface area contributed by atoms with Gasteiger partial charge in [0.25, 0.3) is 0 Å². The van der Waals surface area contributed by atoms with E-state index in [-0.39, 0.29) is 11.5 Å². The van der Waals surface area contributed by atoms with Crippen LogP contribution in [0.2, 0.25) is 0 Å². The maximum absolute atomic E-state index is 13.0. The quantitative estimate of drug-likeness (QED) is 0.211. The third-order valence-electron chi connectivity index (χ3n) is 4.80. The van der Waals surface area contributed by atoms with Crippen molar-refractivity contribution in [1.82, 2.24) is 20.2 Å². The number of Topliss-reactive ketones (excluding diaryl/α,β-unsaturated/α-hetero) is 1. The van der Waals surface area contributed by atoms with Crippen molar-refractivity contribution in [1.29, 1.82) is 0 Å². The van der Waals surface area contributed by atoms with Gasteiger partial charge in [0.2, 0.25) is 5.78 Å². The van der Waals surface area contributed by atoms with Gasteiger partial charge in [-0.05, 0) is 34.7 Å². The number of benzene rings is 2. The van der Waals surface area contributed by atoms with E-state index in [4.69, 9.17) is 13.6 Å². The summed E-state index contributed by atoms with van der Waals surface area (Å²) >= 11 is 0. The molecule has 0 spiro atoms. The molecule has 162 valence electrons. The molecule has 9 nitrogen and oxygen atoms in total. The Kier molecular flexibility index (Phi) is 5.34. The molecule has 2 aromatic carbocycles. The normalized spacial score (nSPS) is 11.6. The van der Waals surface area contributed by atoms with Crippen LogP contribution in [-0.4, -0.2) is 38.6 Å². The summed E-state index contributed by atoms with van der Waals surface area (Å²) in [7, 11) is 0. The zero-order chi connectivity index (χ0) is 22.6. The summed E-state index contributed by atoms with van der Waals surface area (Å²) in [4.78, 5) is 25.6. The largest absolute Gasteiger partial charge is 0.465 e. The second-order valence-electron chi connectivity index (χ2n) is 6.97. The molecular formula is C24H16N4O5. The third-order valence-corrected chi connectivity index (χ3v) is 4.80. The fraction of sp³-hybridized carbons (Fsp3) is 0.0417. The number of hydrogen-bond acceptors (Lipinski definition) is 8. The van der Waals surface area contributed by atoms with Crippen LogP contribution in [0, 0.1) is 0 Å². The SMILES string of the molecule is O=C(OCC(=O)c1cc2ccccc2o1)C(=Cc1ccco1)n1nnnc1-c1ccccc1. The monoisotopic (exact) mass is 440 g/mol. The lowest BCUT2D eigenvalue weighted by atomic mass is 10.2. The zero-order valence-electron chi connectivity index (χ0n) is 17.1. The van der Waals surface area contributed by atoms with E-state index in [0.29, 0.717) is 22.7 Å². The lowest BCUT2D eigenvalue weighted by molar-refractivity contribution is -0.136. The molecule has 9 heteroatoms. The molecule has 5 rings (SSSR count). The fourth-order valence-corrected chi connectivity index (χ4v) is 3.23. The van der Waals surface area contributed by atoms with Crippen molar-refractivity contribution in [3.05, 3.63) is 90.6 Å². The lowest BCUT2D eigenvalue weighted by Gasteiger charge is -2.09. The highest BCUT2D eigenvalue weighted by molar-refractivity contribution is 6.16. The van der Waals surface area contributed by atoms with Crippen LogP contribution in [0.25, 0.3) is 34.1 Å². The molecule has 3 heterocycles. The Morgan fingerprint density at radius 3 is 2.61 bits per heavy atom.